The third-order valence-corrected chi connectivity index (χ3v) is 7.21. The van der Waals surface area contributed by atoms with Gasteiger partial charge in [-0.25, -0.2) is 4.79 Å². The Morgan fingerprint density at radius 2 is 1.46 bits per heavy atom. The number of likely N-dealkylation sites (tertiary alicyclic amines) is 1. The molecule has 0 aliphatic carbocycles. The highest BCUT2D eigenvalue weighted by molar-refractivity contribution is 6.38. The van der Waals surface area contributed by atoms with Gasteiger partial charge in [-0.2, -0.15) is 0 Å². The third kappa shape index (κ3) is 7.51. The number of Topliss-reactive ketones (excluding diaryl/α,β-unsaturated/α-hetero) is 1. The maximum absolute atomic E-state index is 13.4. The molecule has 188 valence electrons. The van der Waals surface area contributed by atoms with Crippen LogP contribution in [0.3, 0.4) is 0 Å². The number of rotatable bonds is 11. The van der Waals surface area contributed by atoms with E-state index in [0.717, 1.165) is 25.7 Å². The number of amides is 1. The summed E-state index contributed by atoms with van der Waals surface area (Å²) in [7, 11) is 0. The van der Waals surface area contributed by atoms with Gasteiger partial charge in [0.15, 0.2) is 0 Å². The Kier molecular flexibility index (Phi) is 9.64. The summed E-state index contributed by atoms with van der Waals surface area (Å²) >= 11 is 0. The highest BCUT2D eigenvalue weighted by Gasteiger charge is 2.41. The SMILES string of the molecule is CCC(C)(C)C(=O)C(=O)N1CCCC[C@H]1C(=O)OC(CCc1ccccc1)CCc1ccccc1. The number of carbonyl (C=O) groups excluding carboxylic acids is 3. The summed E-state index contributed by atoms with van der Waals surface area (Å²) < 4.78 is 6.06. The van der Waals surface area contributed by atoms with Crippen molar-refractivity contribution in [3.8, 4) is 0 Å². The Morgan fingerprint density at radius 1 is 0.914 bits per heavy atom. The highest BCUT2D eigenvalue weighted by Crippen LogP contribution is 2.26. The Morgan fingerprint density at radius 3 is 1.97 bits per heavy atom. The molecule has 2 aromatic rings. The second-order valence-corrected chi connectivity index (χ2v) is 10.2. The fourth-order valence-electron chi connectivity index (χ4n) is 4.45. The first-order valence-corrected chi connectivity index (χ1v) is 13.0. The number of hydrogen-bond acceptors (Lipinski definition) is 4. The molecule has 0 N–H and O–H groups in total. The average Bonchev–Trinajstić information content (AvgIpc) is 2.90. The lowest BCUT2D eigenvalue weighted by atomic mass is 9.84. The monoisotopic (exact) mass is 477 g/mol. The van der Waals surface area contributed by atoms with Crippen LogP contribution in [0, 0.1) is 5.41 Å². The minimum absolute atomic E-state index is 0.260. The molecule has 1 amide bonds. The zero-order valence-electron chi connectivity index (χ0n) is 21.4. The summed E-state index contributed by atoms with van der Waals surface area (Å²) in [6.07, 6.45) is 5.53. The number of nitrogens with zero attached hydrogens (tertiary/aromatic N) is 1. The predicted octanol–water partition coefficient (Wildman–Crippen LogP) is 5.55. The average molecular weight is 478 g/mol. The van der Waals surface area contributed by atoms with Gasteiger partial charge in [-0.3, -0.25) is 9.59 Å². The Balaban J connectivity index is 1.70. The van der Waals surface area contributed by atoms with Crippen LogP contribution < -0.4 is 0 Å². The van der Waals surface area contributed by atoms with E-state index in [0.29, 0.717) is 32.2 Å². The molecule has 0 radical (unpaired) electrons. The molecule has 1 heterocycles. The molecule has 1 fully saturated rings. The van der Waals surface area contributed by atoms with Crippen LogP contribution in [-0.2, 0) is 32.0 Å². The molecule has 0 spiro atoms. The summed E-state index contributed by atoms with van der Waals surface area (Å²) in [4.78, 5) is 40.8. The molecule has 3 rings (SSSR count). The van der Waals surface area contributed by atoms with Crippen molar-refractivity contribution in [3.63, 3.8) is 0 Å². The van der Waals surface area contributed by atoms with Crippen molar-refractivity contribution in [1.29, 1.82) is 0 Å². The highest BCUT2D eigenvalue weighted by atomic mass is 16.5. The number of carbonyl (C=O) groups is 3. The van der Waals surface area contributed by atoms with Crippen molar-refractivity contribution in [2.24, 2.45) is 5.41 Å². The zero-order valence-corrected chi connectivity index (χ0v) is 21.4. The van der Waals surface area contributed by atoms with E-state index in [4.69, 9.17) is 4.74 Å². The summed E-state index contributed by atoms with van der Waals surface area (Å²) in [5.74, 6) is -1.36. The Labute approximate surface area is 209 Å². The van der Waals surface area contributed by atoms with Crippen LogP contribution in [0.4, 0.5) is 0 Å². The summed E-state index contributed by atoms with van der Waals surface area (Å²) in [5, 5.41) is 0. The standard InChI is InChI=1S/C30H39NO4/c1-4-30(2,3)27(32)28(33)31-22-12-11-17-26(31)29(34)35-25(20-18-23-13-7-5-8-14-23)21-19-24-15-9-6-10-16-24/h5-10,13-16,25-26H,4,11-12,17-22H2,1-3H3/t26-/m0/s1. The van der Waals surface area contributed by atoms with Gasteiger partial charge in [0.05, 0.1) is 0 Å². The lowest BCUT2D eigenvalue weighted by molar-refractivity contribution is -0.164. The van der Waals surface area contributed by atoms with Crippen molar-refractivity contribution in [2.75, 3.05) is 6.54 Å². The zero-order chi connectivity index (χ0) is 25.3. The van der Waals surface area contributed by atoms with Crippen molar-refractivity contribution in [3.05, 3.63) is 71.8 Å². The second-order valence-electron chi connectivity index (χ2n) is 10.2. The van der Waals surface area contributed by atoms with E-state index in [1.165, 1.54) is 16.0 Å². The minimum atomic E-state index is -0.739. The first kappa shape index (κ1) is 26.7. The van der Waals surface area contributed by atoms with Gasteiger partial charge in [-0.05, 0) is 62.5 Å². The van der Waals surface area contributed by atoms with Crippen LogP contribution in [0.15, 0.2) is 60.7 Å². The van der Waals surface area contributed by atoms with Gasteiger partial charge in [0.25, 0.3) is 5.91 Å². The number of esters is 1. The number of hydrogen-bond donors (Lipinski definition) is 0. The van der Waals surface area contributed by atoms with Gasteiger partial charge in [0.2, 0.25) is 5.78 Å². The van der Waals surface area contributed by atoms with Crippen molar-refractivity contribution < 1.29 is 19.1 Å². The molecule has 1 atom stereocenters. The first-order chi connectivity index (χ1) is 16.8. The van der Waals surface area contributed by atoms with Crippen molar-refractivity contribution >= 4 is 17.7 Å². The van der Waals surface area contributed by atoms with E-state index in [1.807, 2.05) is 43.3 Å². The molecule has 0 saturated carbocycles. The fraction of sp³-hybridized carbons (Fsp3) is 0.500. The van der Waals surface area contributed by atoms with Gasteiger partial charge in [0, 0.05) is 12.0 Å². The van der Waals surface area contributed by atoms with Crippen molar-refractivity contribution in [2.45, 2.75) is 84.3 Å². The van der Waals surface area contributed by atoms with E-state index in [2.05, 4.69) is 24.3 Å². The molecule has 1 aliphatic rings. The number of aryl methyl sites for hydroxylation is 2. The number of ketones is 1. The van der Waals surface area contributed by atoms with E-state index in [9.17, 15) is 14.4 Å². The van der Waals surface area contributed by atoms with E-state index in [1.54, 1.807) is 13.8 Å². The lowest BCUT2D eigenvalue weighted by Gasteiger charge is -2.36. The van der Waals surface area contributed by atoms with Crippen LogP contribution in [0.1, 0.15) is 70.4 Å². The Bertz CT molecular complexity index is 927. The second kappa shape index (κ2) is 12.7. The molecule has 1 saturated heterocycles. The molecule has 35 heavy (non-hydrogen) atoms. The maximum atomic E-state index is 13.4. The predicted molar refractivity (Wildman–Crippen MR) is 138 cm³/mol. The van der Waals surface area contributed by atoms with E-state index < -0.39 is 23.1 Å². The first-order valence-electron chi connectivity index (χ1n) is 13.0. The van der Waals surface area contributed by atoms with Crippen LogP contribution >= 0.6 is 0 Å². The smallest absolute Gasteiger partial charge is 0.329 e. The van der Waals surface area contributed by atoms with Crippen LogP contribution in [0.25, 0.3) is 0 Å². The van der Waals surface area contributed by atoms with E-state index >= 15 is 0 Å². The summed E-state index contributed by atoms with van der Waals surface area (Å²) in [6.45, 7) is 5.89. The molecule has 0 unspecified atom stereocenters. The number of benzene rings is 2. The van der Waals surface area contributed by atoms with Gasteiger partial charge < -0.3 is 9.64 Å². The topological polar surface area (TPSA) is 63.7 Å². The normalized spacial score (nSPS) is 16.2. The van der Waals surface area contributed by atoms with Gasteiger partial charge in [-0.1, -0.05) is 81.4 Å². The molecule has 5 heteroatoms. The van der Waals surface area contributed by atoms with Gasteiger partial charge >= 0.3 is 5.97 Å². The lowest BCUT2D eigenvalue weighted by Crippen LogP contribution is -2.53. The summed E-state index contributed by atoms with van der Waals surface area (Å²) in [5.41, 5.74) is 1.67. The summed E-state index contributed by atoms with van der Waals surface area (Å²) in [6, 6.07) is 19.7. The molecular weight excluding hydrogens is 438 g/mol. The maximum Gasteiger partial charge on any atom is 0.329 e. The van der Waals surface area contributed by atoms with Gasteiger partial charge in [-0.15, -0.1) is 0 Å². The molecule has 2 aromatic carbocycles. The minimum Gasteiger partial charge on any atom is -0.461 e. The fourth-order valence-corrected chi connectivity index (χ4v) is 4.45. The largest absolute Gasteiger partial charge is 0.461 e. The van der Waals surface area contributed by atoms with Crippen LogP contribution in [-0.4, -0.2) is 41.3 Å². The molecule has 1 aliphatic heterocycles. The Hall–Kier alpha value is -2.95. The van der Waals surface area contributed by atoms with Gasteiger partial charge in [0.1, 0.15) is 12.1 Å². The third-order valence-electron chi connectivity index (χ3n) is 7.21. The van der Waals surface area contributed by atoms with Crippen LogP contribution in [0.5, 0.6) is 0 Å². The number of ether oxygens (including phenoxy) is 1. The molecule has 0 aromatic heterocycles. The number of piperidine rings is 1. The van der Waals surface area contributed by atoms with Crippen molar-refractivity contribution in [1.82, 2.24) is 4.90 Å². The quantitative estimate of drug-likeness (QED) is 0.314. The van der Waals surface area contributed by atoms with E-state index in [-0.39, 0.29) is 12.1 Å². The molecule has 0 bridgehead atoms. The van der Waals surface area contributed by atoms with Crippen LogP contribution in [0.2, 0.25) is 0 Å². The molecular formula is C30H39NO4. The molecule has 5 nitrogen and oxygen atoms in total.